The number of benzene rings is 1. The summed E-state index contributed by atoms with van der Waals surface area (Å²) in [6.07, 6.45) is 0.350. The number of hydrogen-bond acceptors (Lipinski definition) is 4. The van der Waals surface area contributed by atoms with Gasteiger partial charge in [0.15, 0.2) is 0 Å². The van der Waals surface area contributed by atoms with Crippen molar-refractivity contribution in [1.82, 2.24) is 5.43 Å². The lowest BCUT2D eigenvalue weighted by molar-refractivity contribution is -0.137. The lowest BCUT2D eigenvalue weighted by Crippen LogP contribution is -2.33. The van der Waals surface area contributed by atoms with Crippen molar-refractivity contribution in [3.05, 3.63) is 29.1 Å². The van der Waals surface area contributed by atoms with E-state index in [-0.39, 0.29) is 17.2 Å². The molecule has 0 saturated heterocycles. The number of amides is 2. The van der Waals surface area contributed by atoms with Gasteiger partial charge in [-0.25, -0.2) is 9.82 Å². The molecule has 1 aliphatic carbocycles. The topological polar surface area (TPSA) is 105 Å². The van der Waals surface area contributed by atoms with Crippen LogP contribution < -0.4 is 11.2 Å². The standard InChI is InChI=1S/C12H12FN3O3/c1-5-4-7(15-16-12(19)11(14)18)10-8(17)3-2-6(13)9(5)10/h2-3,5,17H,4H2,1H3,(H2,14,18)(H,16,19)/b15-7+/t5-/m0/s1. The van der Waals surface area contributed by atoms with Gasteiger partial charge in [0.2, 0.25) is 0 Å². The predicted molar refractivity (Wildman–Crippen MR) is 65.0 cm³/mol. The number of nitrogens with two attached hydrogens (primary N) is 1. The SMILES string of the molecule is C[C@H]1C/C(=N\NC(=O)C(N)=O)c2c(O)ccc(F)c21. The molecule has 0 radical (unpaired) electrons. The summed E-state index contributed by atoms with van der Waals surface area (Å²) in [5.41, 5.74) is 7.67. The van der Waals surface area contributed by atoms with E-state index in [9.17, 15) is 19.1 Å². The maximum atomic E-state index is 13.7. The number of hydrogen-bond donors (Lipinski definition) is 3. The number of rotatable bonds is 1. The van der Waals surface area contributed by atoms with E-state index in [4.69, 9.17) is 5.73 Å². The first-order valence-electron chi connectivity index (χ1n) is 5.60. The lowest BCUT2D eigenvalue weighted by Gasteiger charge is -2.06. The summed E-state index contributed by atoms with van der Waals surface area (Å²) < 4.78 is 13.7. The van der Waals surface area contributed by atoms with Crippen molar-refractivity contribution in [3.8, 4) is 5.75 Å². The van der Waals surface area contributed by atoms with E-state index in [1.165, 1.54) is 12.1 Å². The number of phenols is 1. The molecule has 100 valence electrons. The largest absolute Gasteiger partial charge is 0.507 e. The van der Waals surface area contributed by atoms with Crippen LogP contribution in [0.15, 0.2) is 17.2 Å². The van der Waals surface area contributed by atoms with Crippen molar-refractivity contribution in [2.24, 2.45) is 10.8 Å². The number of carbonyl (C=O) groups is 2. The molecule has 7 heteroatoms. The van der Waals surface area contributed by atoms with Crippen LogP contribution in [0.5, 0.6) is 5.75 Å². The highest BCUT2D eigenvalue weighted by Gasteiger charge is 2.30. The van der Waals surface area contributed by atoms with Gasteiger partial charge >= 0.3 is 11.8 Å². The number of nitrogens with one attached hydrogen (secondary N) is 1. The third-order valence-electron chi connectivity index (χ3n) is 2.97. The minimum Gasteiger partial charge on any atom is -0.507 e. The molecule has 2 amide bonds. The minimum atomic E-state index is -1.17. The van der Waals surface area contributed by atoms with Gasteiger partial charge < -0.3 is 10.8 Å². The van der Waals surface area contributed by atoms with Crippen molar-refractivity contribution in [1.29, 1.82) is 0 Å². The van der Waals surface area contributed by atoms with E-state index in [1.54, 1.807) is 6.92 Å². The van der Waals surface area contributed by atoms with Gasteiger partial charge in [-0.15, -0.1) is 0 Å². The highest BCUT2D eigenvalue weighted by atomic mass is 19.1. The fraction of sp³-hybridized carbons (Fsp3) is 0.250. The normalized spacial score (nSPS) is 19.3. The molecule has 0 unspecified atom stereocenters. The molecule has 19 heavy (non-hydrogen) atoms. The van der Waals surface area contributed by atoms with Crippen LogP contribution in [0.3, 0.4) is 0 Å². The zero-order valence-corrected chi connectivity index (χ0v) is 10.1. The van der Waals surface area contributed by atoms with Crippen LogP contribution in [0.4, 0.5) is 4.39 Å². The molecule has 1 aromatic carbocycles. The van der Waals surface area contributed by atoms with Gasteiger partial charge in [-0.2, -0.15) is 5.10 Å². The molecule has 0 aromatic heterocycles. The zero-order chi connectivity index (χ0) is 14.2. The summed E-state index contributed by atoms with van der Waals surface area (Å²) in [5.74, 6) is -2.96. The monoisotopic (exact) mass is 265 g/mol. The van der Waals surface area contributed by atoms with Crippen LogP contribution >= 0.6 is 0 Å². The fourth-order valence-electron chi connectivity index (χ4n) is 2.14. The number of primary amides is 1. The molecule has 0 spiro atoms. The van der Waals surface area contributed by atoms with Gasteiger partial charge in [-0.05, 0) is 24.5 Å². The number of hydrazone groups is 1. The summed E-state index contributed by atoms with van der Waals surface area (Å²) in [7, 11) is 0. The van der Waals surface area contributed by atoms with Crippen molar-refractivity contribution < 1.29 is 19.1 Å². The van der Waals surface area contributed by atoms with Crippen LogP contribution in [-0.2, 0) is 9.59 Å². The van der Waals surface area contributed by atoms with Crippen molar-refractivity contribution in [2.75, 3.05) is 0 Å². The van der Waals surface area contributed by atoms with Crippen LogP contribution in [0, 0.1) is 5.82 Å². The van der Waals surface area contributed by atoms with Crippen molar-refractivity contribution in [2.45, 2.75) is 19.3 Å². The molecule has 0 heterocycles. The van der Waals surface area contributed by atoms with Crippen LogP contribution in [0.1, 0.15) is 30.4 Å². The number of aromatic hydroxyl groups is 1. The Bertz CT molecular complexity index is 598. The first kappa shape index (κ1) is 13.0. The highest BCUT2D eigenvalue weighted by molar-refractivity contribution is 6.34. The Morgan fingerprint density at radius 1 is 1.53 bits per heavy atom. The van der Waals surface area contributed by atoms with Crippen molar-refractivity contribution in [3.63, 3.8) is 0 Å². The highest BCUT2D eigenvalue weighted by Crippen LogP contribution is 2.39. The molecule has 1 atom stereocenters. The lowest BCUT2D eigenvalue weighted by atomic mass is 10.0. The smallest absolute Gasteiger partial charge is 0.329 e. The number of carbonyl (C=O) groups excluding carboxylic acids is 2. The quantitative estimate of drug-likeness (QED) is 0.503. The van der Waals surface area contributed by atoms with Crippen LogP contribution in [0.2, 0.25) is 0 Å². The molecule has 0 aliphatic heterocycles. The first-order chi connectivity index (χ1) is 8.91. The number of phenolic OH excluding ortho intramolecular Hbond substituents is 1. The van der Waals surface area contributed by atoms with Gasteiger partial charge in [0, 0.05) is 11.1 Å². The van der Waals surface area contributed by atoms with E-state index < -0.39 is 17.6 Å². The Morgan fingerprint density at radius 3 is 2.84 bits per heavy atom. The van der Waals surface area contributed by atoms with E-state index in [0.717, 1.165) is 0 Å². The molecule has 6 nitrogen and oxygen atoms in total. The van der Waals surface area contributed by atoms with E-state index in [2.05, 4.69) is 5.10 Å². The Hall–Kier alpha value is -2.44. The van der Waals surface area contributed by atoms with Crippen LogP contribution in [-0.4, -0.2) is 22.6 Å². The maximum Gasteiger partial charge on any atom is 0.329 e. The minimum absolute atomic E-state index is 0.118. The molecular weight excluding hydrogens is 253 g/mol. The average molecular weight is 265 g/mol. The second-order valence-electron chi connectivity index (χ2n) is 4.32. The van der Waals surface area contributed by atoms with Gasteiger partial charge in [0.05, 0.1) is 5.71 Å². The second-order valence-corrected chi connectivity index (χ2v) is 4.32. The van der Waals surface area contributed by atoms with E-state index in [1.807, 2.05) is 5.43 Å². The Balaban J connectivity index is 2.39. The van der Waals surface area contributed by atoms with Gasteiger partial charge in [0.1, 0.15) is 11.6 Å². The molecule has 0 bridgehead atoms. The molecule has 0 fully saturated rings. The Labute approximate surface area is 108 Å². The Kier molecular flexibility index (Phi) is 3.20. The number of nitrogens with zero attached hydrogens (tertiary/aromatic N) is 1. The summed E-state index contributed by atoms with van der Waals surface area (Å²) in [4.78, 5) is 21.6. The zero-order valence-electron chi connectivity index (χ0n) is 10.1. The second kappa shape index (κ2) is 4.68. The van der Waals surface area contributed by atoms with Gasteiger partial charge in [-0.1, -0.05) is 6.92 Å². The molecular formula is C12H12FN3O3. The molecule has 2 rings (SSSR count). The molecule has 0 saturated carbocycles. The summed E-state index contributed by atoms with van der Waals surface area (Å²) in [6, 6.07) is 2.40. The molecule has 1 aliphatic rings. The van der Waals surface area contributed by atoms with Gasteiger partial charge in [-0.3, -0.25) is 9.59 Å². The summed E-state index contributed by atoms with van der Waals surface area (Å²) in [6.45, 7) is 1.78. The summed E-state index contributed by atoms with van der Waals surface area (Å²) >= 11 is 0. The summed E-state index contributed by atoms with van der Waals surface area (Å²) in [5, 5.41) is 13.5. The fourth-order valence-corrected chi connectivity index (χ4v) is 2.14. The first-order valence-corrected chi connectivity index (χ1v) is 5.60. The number of fused-ring (bicyclic) bond motifs is 1. The van der Waals surface area contributed by atoms with Crippen molar-refractivity contribution >= 4 is 17.5 Å². The maximum absolute atomic E-state index is 13.7. The van der Waals surface area contributed by atoms with E-state index >= 15 is 0 Å². The predicted octanol–water partition coefficient (Wildman–Crippen LogP) is 0.344. The average Bonchev–Trinajstić information content (AvgIpc) is 2.69. The number of halogens is 1. The van der Waals surface area contributed by atoms with Crippen LogP contribution in [0.25, 0.3) is 0 Å². The van der Waals surface area contributed by atoms with E-state index in [0.29, 0.717) is 17.7 Å². The molecule has 1 aromatic rings. The third-order valence-corrected chi connectivity index (χ3v) is 2.97. The third kappa shape index (κ3) is 2.26. The Morgan fingerprint density at radius 2 is 2.21 bits per heavy atom. The molecule has 4 N–H and O–H groups in total. The van der Waals surface area contributed by atoms with Gasteiger partial charge in [0.25, 0.3) is 0 Å².